The minimum absolute atomic E-state index is 0.0391. The van der Waals surface area contributed by atoms with Crippen LogP contribution in [0.5, 0.6) is 5.88 Å². The van der Waals surface area contributed by atoms with Crippen LogP contribution < -0.4 is 15.6 Å². The first-order valence-electron chi connectivity index (χ1n) is 12.0. The Morgan fingerprint density at radius 3 is 2.58 bits per heavy atom. The molecule has 13 heteroatoms. The number of alkyl halides is 2. The lowest BCUT2D eigenvalue weighted by Gasteiger charge is -2.18. The van der Waals surface area contributed by atoms with E-state index in [1.807, 2.05) is 6.07 Å². The molecule has 198 valence electrons. The quantitative estimate of drug-likeness (QED) is 0.410. The molecule has 5 rings (SSSR count). The van der Waals surface area contributed by atoms with Gasteiger partial charge in [0, 0.05) is 11.9 Å². The second-order valence-corrected chi connectivity index (χ2v) is 12.1. The van der Waals surface area contributed by atoms with Crippen molar-refractivity contribution in [2.75, 3.05) is 6.61 Å². The highest BCUT2D eigenvalue weighted by atomic mass is 32.2. The van der Waals surface area contributed by atoms with Gasteiger partial charge in [0.2, 0.25) is 0 Å². The average Bonchev–Trinajstić information content (AvgIpc) is 3.81. The second-order valence-electron chi connectivity index (χ2n) is 9.53. The van der Waals surface area contributed by atoms with Crippen LogP contribution in [0.4, 0.5) is 8.78 Å². The molecule has 2 saturated carbocycles. The zero-order chi connectivity index (χ0) is 27.1. The first-order valence-corrected chi connectivity index (χ1v) is 13.5. The lowest BCUT2D eigenvalue weighted by atomic mass is 10.1. The molecular weight excluding hydrogens is 520 g/mol. The maximum Gasteiger partial charge on any atom is 0.264 e. The lowest BCUT2D eigenvalue weighted by molar-refractivity contribution is 0.0946. The first-order chi connectivity index (χ1) is 18.1. The summed E-state index contributed by atoms with van der Waals surface area (Å²) < 4.78 is 58.1. The summed E-state index contributed by atoms with van der Waals surface area (Å²) in [4.78, 5) is 26.1. The predicted octanol–water partition coefficient (Wildman–Crippen LogP) is 2.35. The third-order valence-electron chi connectivity index (χ3n) is 6.81. The highest BCUT2D eigenvalue weighted by Gasteiger charge is 2.60. The number of carbonyl (C=O) groups excluding carboxylic acids is 1. The molecule has 3 aromatic rings. The van der Waals surface area contributed by atoms with Crippen LogP contribution in [0.15, 0.2) is 41.3 Å². The third kappa shape index (κ3) is 4.83. The van der Waals surface area contributed by atoms with Crippen LogP contribution in [0.25, 0.3) is 10.9 Å². The van der Waals surface area contributed by atoms with Crippen molar-refractivity contribution in [2.45, 2.75) is 55.2 Å². The van der Waals surface area contributed by atoms with Crippen LogP contribution in [0, 0.1) is 11.3 Å². The van der Waals surface area contributed by atoms with Gasteiger partial charge in [-0.25, -0.2) is 17.2 Å². The topological polar surface area (TPSA) is 144 Å². The second kappa shape index (κ2) is 9.75. The Bertz CT molecular complexity index is 1610. The van der Waals surface area contributed by atoms with Gasteiger partial charge in [0.1, 0.15) is 22.4 Å². The summed E-state index contributed by atoms with van der Waals surface area (Å²) in [7, 11) is -3.40. The number of hydrogen-bond acceptors (Lipinski definition) is 8. The molecule has 1 N–H and O–H groups in total. The molecule has 2 fully saturated rings. The molecule has 2 aromatic heterocycles. The van der Waals surface area contributed by atoms with Crippen molar-refractivity contribution in [1.29, 1.82) is 5.26 Å². The molecule has 38 heavy (non-hydrogen) atoms. The molecule has 2 heterocycles. The molecule has 0 unspecified atom stereocenters. The maximum atomic E-state index is 13.5. The van der Waals surface area contributed by atoms with Gasteiger partial charge >= 0.3 is 0 Å². The number of ether oxygens (including phenoxy) is 1. The largest absolute Gasteiger partial charge is 0.473 e. The van der Waals surface area contributed by atoms with Crippen LogP contribution in [0.1, 0.15) is 47.2 Å². The molecule has 2 aliphatic carbocycles. The van der Waals surface area contributed by atoms with E-state index >= 15 is 0 Å². The number of sulfone groups is 1. The van der Waals surface area contributed by atoms with E-state index in [1.54, 1.807) is 24.3 Å². The minimum Gasteiger partial charge on any atom is -0.473 e. The van der Waals surface area contributed by atoms with E-state index in [2.05, 4.69) is 15.5 Å². The molecule has 0 atom stereocenters. The number of nitrogens with one attached hydrogen (secondary N) is 1. The maximum absolute atomic E-state index is 13.5. The summed E-state index contributed by atoms with van der Waals surface area (Å²) in [5, 5.41) is 18.9. The Kier molecular flexibility index (Phi) is 6.60. The molecule has 0 bridgehead atoms. The van der Waals surface area contributed by atoms with E-state index in [0.29, 0.717) is 36.8 Å². The Balaban J connectivity index is 1.45. The lowest BCUT2D eigenvalue weighted by Crippen LogP contribution is -2.35. The predicted molar refractivity (Wildman–Crippen MR) is 132 cm³/mol. The summed E-state index contributed by atoms with van der Waals surface area (Å²) in [5.41, 5.74) is -0.321. The first kappa shape index (κ1) is 25.7. The summed E-state index contributed by atoms with van der Waals surface area (Å²) in [5.74, 6) is -1.03. The molecule has 0 radical (unpaired) electrons. The van der Waals surface area contributed by atoms with E-state index < -0.39 is 39.0 Å². The average molecular weight is 544 g/mol. The van der Waals surface area contributed by atoms with Crippen LogP contribution in [0.3, 0.4) is 0 Å². The fourth-order valence-corrected chi connectivity index (χ4v) is 6.70. The van der Waals surface area contributed by atoms with Crippen LogP contribution in [-0.4, -0.2) is 52.1 Å². The van der Waals surface area contributed by atoms with E-state index in [9.17, 15) is 26.8 Å². The molecular formula is C25H23F2N5O5S. The van der Waals surface area contributed by atoms with E-state index in [0.717, 1.165) is 4.57 Å². The Morgan fingerprint density at radius 1 is 1.26 bits per heavy atom. The molecule has 2 aliphatic rings. The van der Waals surface area contributed by atoms with Crippen molar-refractivity contribution in [3.8, 4) is 11.9 Å². The number of halogens is 2. The smallest absolute Gasteiger partial charge is 0.264 e. The molecule has 1 aromatic carbocycles. The van der Waals surface area contributed by atoms with Crippen LogP contribution in [-0.2, 0) is 22.9 Å². The highest BCUT2D eigenvalue weighted by Crippen LogP contribution is 2.50. The van der Waals surface area contributed by atoms with Crippen molar-refractivity contribution in [1.82, 2.24) is 20.1 Å². The number of nitriles is 1. The highest BCUT2D eigenvalue weighted by molar-refractivity contribution is 7.94. The Hall–Kier alpha value is -3.92. The molecule has 0 aliphatic heterocycles. The van der Waals surface area contributed by atoms with Gasteiger partial charge in [-0.2, -0.15) is 10.4 Å². The summed E-state index contributed by atoms with van der Waals surface area (Å²) in [6, 6.07) is 9.65. The number of rotatable bonds is 10. The standard InChI is InChI=1S/C25H23F2N5O5S/c26-20(27)13-32-21-17(9-19(24(32)34)22(33)29-11-16-3-1-15(10-28)2-4-16)12-30-31-23(21)37-14-25(7-8-25)38(35,36)18-5-6-18/h1-4,9,12,18,20H,5-8,11,13-14H2,(H,29,33). The SMILES string of the molecule is N#Cc1ccc(CNC(=O)c2cc3cnnc(OCC4(S(=O)(=O)C5CC5)CC4)c3n(CC(F)F)c2=O)cc1. The summed E-state index contributed by atoms with van der Waals surface area (Å²) >= 11 is 0. The van der Waals surface area contributed by atoms with Crippen molar-refractivity contribution in [2.24, 2.45) is 0 Å². The van der Waals surface area contributed by atoms with E-state index in [4.69, 9.17) is 10.00 Å². The molecule has 10 nitrogen and oxygen atoms in total. The number of fused-ring (bicyclic) bond motifs is 1. The van der Waals surface area contributed by atoms with Gasteiger partial charge in [-0.05, 0) is 49.4 Å². The Labute approximate surface area is 216 Å². The Morgan fingerprint density at radius 2 is 1.97 bits per heavy atom. The number of aromatic nitrogens is 3. The van der Waals surface area contributed by atoms with E-state index in [1.165, 1.54) is 12.3 Å². The molecule has 1 amide bonds. The monoisotopic (exact) mass is 543 g/mol. The molecule has 0 saturated heterocycles. The van der Waals surface area contributed by atoms with Gasteiger partial charge in [0.25, 0.3) is 23.8 Å². The van der Waals surface area contributed by atoms with Gasteiger partial charge in [-0.1, -0.05) is 12.1 Å². The zero-order valence-electron chi connectivity index (χ0n) is 20.1. The van der Waals surface area contributed by atoms with Gasteiger partial charge < -0.3 is 10.1 Å². The van der Waals surface area contributed by atoms with Gasteiger partial charge in [0.15, 0.2) is 9.84 Å². The fourth-order valence-electron chi connectivity index (χ4n) is 4.35. The number of amides is 1. The third-order valence-corrected chi connectivity index (χ3v) is 9.90. The molecule has 0 spiro atoms. The van der Waals surface area contributed by atoms with Crippen molar-refractivity contribution in [3.05, 3.63) is 63.6 Å². The number of hydrogen-bond donors (Lipinski definition) is 1. The van der Waals surface area contributed by atoms with Crippen molar-refractivity contribution in [3.63, 3.8) is 0 Å². The van der Waals surface area contributed by atoms with Gasteiger partial charge in [0.05, 0.1) is 29.6 Å². The van der Waals surface area contributed by atoms with Gasteiger partial charge in [-0.3, -0.25) is 14.2 Å². The van der Waals surface area contributed by atoms with E-state index in [-0.39, 0.29) is 40.7 Å². The van der Waals surface area contributed by atoms with Gasteiger partial charge in [-0.15, -0.1) is 5.10 Å². The summed E-state index contributed by atoms with van der Waals surface area (Å²) in [6.07, 6.45) is 0.368. The van der Waals surface area contributed by atoms with Crippen LogP contribution in [0.2, 0.25) is 0 Å². The number of carbonyl (C=O) groups is 1. The van der Waals surface area contributed by atoms with Crippen molar-refractivity contribution < 1.29 is 26.7 Å². The zero-order valence-corrected chi connectivity index (χ0v) is 20.9. The number of pyridine rings is 1. The number of benzene rings is 1. The minimum atomic E-state index is -3.40. The fraction of sp³-hybridized carbons (Fsp3) is 0.400. The van der Waals surface area contributed by atoms with Crippen LogP contribution >= 0.6 is 0 Å². The summed E-state index contributed by atoms with van der Waals surface area (Å²) in [6.45, 7) is -1.22. The normalized spacial score (nSPS) is 16.3. The number of nitrogens with zero attached hydrogens (tertiary/aromatic N) is 4. The van der Waals surface area contributed by atoms with Crippen molar-refractivity contribution >= 4 is 26.6 Å².